The van der Waals surface area contributed by atoms with E-state index in [4.69, 9.17) is 4.74 Å². The number of nitrogens with zero attached hydrogens (tertiary/aromatic N) is 1. The predicted octanol–water partition coefficient (Wildman–Crippen LogP) is 1.39. The Morgan fingerprint density at radius 1 is 1.26 bits per heavy atom. The monoisotopic (exact) mass is 340 g/mol. The number of hydrogen-bond acceptors (Lipinski definition) is 4. The van der Waals surface area contributed by atoms with Crippen molar-refractivity contribution in [1.29, 1.82) is 0 Å². The number of sulfonamides is 1. The van der Waals surface area contributed by atoms with Crippen molar-refractivity contribution >= 4 is 15.9 Å². The summed E-state index contributed by atoms with van der Waals surface area (Å²) >= 11 is 0. The van der Waals surface area contributed by atoms with E-state index >= 15 is 0 Å². The van der Waals surface area contributed by atoms with E-state index in [1.165, 1.54) is 0 Å². The number of hydrogen-bond donors (Lipinski definition) is 1. The van der Waals surface area contributed by atoms with Gasteiger partial charge in [-0.3, -0.25) is 4.79 Å². The lowest BCUT2D eigenvalue weighted by Gasteiger charge is -2.32. The maximum atomic E-state index is 12.1. The van der Waals surface area contributed by atoms with Crippen LogP contribution in [0.3, 0.4) is 0 Å². The van der Waals surface area contributed by atoms with Gasteiger partial charge in [0.05, 0.1) is 5.75 Å². The fraction of sp³-hybridized carbons (Fsp3) is 0.562. The Morgan fingerprint density at radius 3 is 2.52 bits per heavy atom. The molecule has 6 nitrogen and oxygen atoms in total. The van der Waals surface area contributed by atoms with Crippen LogP contribution in [0.1, 0.15) is 26.2 Å². The first kappa shape index (κ1) is 17.7. The molecule has 1 aliphatic heterocycles. The van der Waals surface area contributed by atoms with Gasteiger partial charge in [-0.05, 0) is 31.4 Å². The van der Waals surface area contributed by atoms with E-state index in [-0.39, 0.29) is 24.3 Å². The van der Waals surface area contributed by atoms with Crippen molar-refractivity contribution in [3.63, 3.8) is 0 Å². The molecule has 1 aromatic carbocycles. The van der Waals surface area contributed by atoms with E-state index in [2.05, 4.69) is 4.72 Å². The number of carbonyl (C=O) groups is 1. The second-order valence-corrected chi connectivity index (χ2v) is 7.57. The summed E-state index contributed by atoms with van der Waals surface area (Å²) in [4.78, 5) is 13.9. The summed E-state index contributed by atoms with van der Waals surface area (Å²) in [5, 5.41) is 0. The van der Waals surface area contributed by atoms with Gasteiger partial charge in [-0.1, -0.05) is 25.1 Å². The maximum absolute atomic E-state index is 12.1. The highest BCUT2D eigenvalue weighted by atomic mass is 32.2. The van der Waals surface area contributed by atoms with Crippen LogP contribution in [0, 0.1) is 0 Å². The van der Waals surface area contributed by atoms with E-state index < -0.39 is 10.0 Å². The second-order valence-electron chi connectivity index (χ2n) is 5.69. The lowest BCUT2D eigenvalue weighted by molar-refractivity contribution is -0.134. The molecule has 23 heavy (non-hydrogen) atoms. The molecule has 2 rings (SSSR count). The normalized spacial score (nSPS) is 16.3. The van der Waals surface area contributed by atoms with Crippen molar-refractivity contribution in [1.82, 2.24) is 9.62 Å². The van der Waals surface area contributed by atoms with E-state index in [9.17, 15) is 13.2 Å². The molecule has 0 radical (unpaired) electrons. The lowest BCUT2D eigenvalue weighted by Crippen LogP contribution is -2.48. The Balaban J connectivity index is 1.74. The van der Waals surface area contributed by atoms with Crippen LogP contribution >= 0.6 is 0 Å². The zero-order valence-corrected chi connectivity index (χ0v) is 14.2. The zero-order chi connectivity index (χ0) is 16.7. The number of piperidine rings is 1. The molecule has 0 atom stereocenters. The van der Waals surface area contributed by atoms with Crippen LogP contribution < -0.4 is 9.46 Å². The molecule has 0 saturated carbocycles. The molecule has 1 fully saturated rings. The summed E-state index contributed by atoms with van der Waals surface area (Å²) in [6.45, 7) is 2.95. The highest BCUT2D eigenvalue weighted by molar-refractivity contribution is 7.89. The molecular formula is C16H24N2O4S. The van der Waals surface area contributed by atoms with E-state index in [0.717, 1.165) is 0 Å². The fourth-order valence-electron chi connectivity index (χ4n) is 2.58. The number of carbonyl (C=O) groups excluding carboxylic acids is 1. The van der Waals surface area contributed by atoms with Gasteiger partial charge in [0.15, 0.2) is 6.61 Å². The minimum atomic E-state index is -3.19. The Labute approximate surface area is 137 Å². The molecule has 0 aromatic heterocycles. The predicted molar refractivity (Wildman–Crippen MR) is 88.8 cm³/mol. The van der Waals surface area contributed by atoms with Gasteiger partial charge < -0.3 is 9.64 Å². The quantitative estimate of drug-likeness (QED) is 0.814. The van der Waals surface area contributed by atoms with Crippen molar-refractivity contribution in [2.45, 2.75) is 32.2 Å². The molecule has 0 unspecified atom stereocenters. The Hall–Kier alpha value is -1.60. The number of likely N-dealkylation sites (tertiary alicyclic amines) is 1. The Kier molecular flexibility index (Phi) is 6.41. The van der Waals surface area contributed by atoms with Crippen LogP contribution in [0.4, 0.5) is 0 Å². The number of ether oxygens (including phenoxy) is 1. The number of rotatable bonds is 7. The Morgan fingerprint density at radius 2 is 1.91 bits per heavy atom. The summed E-state index contributed by atoms with van der Waals surface area (Å²) in [5.74, 6) is 0.753. The molecule has 1 saturated heterocycles. The topological polar surface area (TPSA) is 75.7 Å². The van der Waals surface area contributed by atoms with Gasteiger partial charge in [0.25, 0.3) is 5.91 Å². The molecule has 0 spiro atoms. The summed E-state index contributed by atoms with van der Waals surface area (Å²) in [5.41, 5.74) is 0. The number of para-hydroxylation sites is 1. The van der Waals surface area contributed by atoms with Crippen molar-refractivity contribution in [2.24, 2.45) is 0 Å². The highest BCUT2D eigenvalue weighted by Crippen LogP contribution is 2.13. The third kappa shape index (κ3) is 5.84. The minimum absolute atomic E-state index is 0.0102. The lowest BCUT2D eigenvalue weighted by atomic mass is 10.1. The van der Waals surface area contributed by atoms with Crippen LogP contribution in [-0.2, 0) is 14.8 Å². The van der Waals surface area contributed by atoms with Gasteiger partial charge in [-0.2, -0.15) is 0 Å². The molecule has 1 amide bonds. The summed E-state index contributed by atoms with van der Waals surface area (Å²) in [6.07, 6.45) is 1.88. The molecule has 1 aliphatic rings. The summed E-state index contributed by atoms with van der Waals surface area (Å²) < 4.78 is 31.7. The van der Waals surface area contributed by atoms with Crippen molar-refractivity contribution in [3.05, 3.63) is 30.3 Å². The van der Waals surface area contributed by atoms with Crippen LogP contribution in [-0.4, -0.2) is 50.7 Å². The standard InChI is InChI=1S/C16H24N2O4S/c1-2-12-23(20,21)17-14-8-10-18(11-9-14)16(19)13-22-15-6-4-3-5-7-15/h3-7,14,17H,2,8-13H2,1H3. The second kappa shape index (κ2) is 8.31. The molecule has 1 N–H and O–H groups in total. The molecular weight excluding hydrogens is 316 g/mol. The average molecular weight is 340 g/mol. The van der Waals surface area contributed by atoms with E-state index in [1.54, 1.807) is 4.90 Å². The van der Waals surface area contributed by atoms with Crippen LogP contribution in [0.25, 0.3) is 0 Å². The number of benzene rings is 1. The Bertz CT molecular complexity index is 596. The molecule has 128 valence electrons. The zero-order valence-electron chi connectivity index (χ0n) is 13.4. The number of amides is 1. The van der Waals surface area contributed by atoms with Gasteiger partial charge in [-0.25, -0.2) is 13.1 Å². The van der Waals surface area contributed by atoms with Crippen molar-refractivity contribution in [2.75, 3.05) is 25.4 Å². The third-order valence-electron chi connectivity index (χ3n) is 3.77. The van der Waals surface area contributed by atoms with E-state index in [1.807, 2.05) is 37.3 Å². The first-order chi connectivity index (χ1) is 11.0. The van der Waals surface area contributed by atoms with Gasteiger partial charge in [0, 0.05) is 19.1 Å². The van der Waals surface area contributed by atoms with Crippen LogP contribution in [0.5, 0.6) is 5.75 Å². The fourth-order valence-corrected chi connectivity index (χ4v) is 3.98. The molecule has 0 bridgehead atoms. The van der Waals surface area contributed by atoms with Crippen LogP contribution in [0.2, 0.25) is 0 Å². The maximum Gasteiger partial charge on any atom is 0.260 e. The molecule has 1 aromatic rings. The first-order valence-corrected chi connectivity index (χ1v) is 9.61. The summed E-state index contributed by atoms with van der Waals surface area (Å²) in [7, 11) is -3.19. The highest BCUT2D eigenvalue weighted by Gasteiger charge is 2.25. The summed E-state index contributed by atoms with van der Waals surface area (Å²) in [6, 6.07) is 9.13. The smallest absolute Gasteiger partial charge is 0.260 e. The molecule has 1 heterocycles. The molecule has 7 heteroatoms. The molecule has 0 aliphatic carbocycles. The van der Waals surface area contributed by atoms with Crippen molar-refractivity contribution < 1.29 is 17.9 Å². The van der Waals surface area contributed by atoms with E-state index in [0.29, 0.717) is 38.1 Å². The van der Waals surface area contributed by atoms with Gasteiger partial charge >= 0.3 is 0 Å². The van der Waals surface area contributed by atoms with Gasteiger partial charge in [0.2, 0.25) is 10.0 Å². The largest absolute Gasteiger partial charge is 0.484 e. The SMILES string of the molecule is CCCS(=O)(=O)NC1CCN(C(=O)COc2ccccc2)CC1. The number of nitrogens with one attached hydrogen (secondary N) is 1. The minimum Gasteiger partial charge on any atom is -0.484 e. The van der Waals surface area contributed by atoms with Gasteiger partial charge in [-0.15, -0.1) is 0 Å². The van der Waals surface area contributed by atoms with Gasteiger partial charge in [0.1, 0.15) is 5.75 Å². The average Bonchev–Trinajstić information content (AvgIpc) is 2.54. The van der Waals surface area contributed by atoms with Crippen molar-refractivity contribution in [3.8, 4) is 5.75 Å². The van der Waals surface area contributed by atoms with Crippen LogP contribution in [0.15, 0.2) is 30.3 Å². The third-order valence-corrected chi connectivity index (χ3v) is 5.41. The first-order valence-electron chi connectivity index (χ1n) is 7.96.